The van der Waals surface area contributed by atoms with Crippen molar-refractivity contribution in [2.45, 2.75) is 51.7 Å². The quantitative estimate of drug-likeness (QED) is 0.277. The second-order valence-electron chi connectivity index (χ2n) is 13.3. The van der Waals surface area contributed by atoms with E-state index >= 15 is 0 Å². The number of fused-ring (bicyclic) bond motifs is 5. The average molecular weight is 763 g/mol. The molecule has 1 N–H and O–H groups in total. The second-order valence-corrected chi connectivity index (χ2v) is 14.2. The molecule has 2 aromatic carbocycles. The molecule has 3 heterocycles. The molecule has 1 fully saturated rings. The molecule has 266 valence electrons. The summed E-state index contributed by atoms with van der Waals surface area (Å²) in [4.78, 5) is 73.8. The number of carbonyl (C=O) groups is 2. The molecule has 1 aliphatic heterocycles. The molecule has 15 heteroatoms. The van der Waals surface area contributed by atoms with E-state index in [1.165, 1.54) is 41.3 Å². The van der Waals surface area contributed by atoms with Crippen LogP contribution in [0.3, 0.4) is 0 Å². The molecule has 4 atom stereocenters. The summed E-state index contributed by atoms with van der Waals surface area (Å²) in [5, 5.41) is 10.6. The van der Waals surface area contributed by atoms with Gasteiger partial charge in [-0.05, 0) is 64.2 Å². The summed E-state index contributed by atoms with van der Waals surface area (Å²) in [5.74, 6) is -1.00. The van der Waals surface area contributed by atoms with Gasteiger partial charge in [0, 0.05) is 44.0 Å². The van der Waals surface area contributed by atoms with Crippen molar-refractivity contribution in [1.82, 2.24) is 23.5 Å². The van der Waals surface area contributed by atoms with E-state index in [0.29, 0.717) is 43.7 Å². The molecule has 0 saturated heterocycles. The van der Waals surface area contributed by atoms with Crippen molar-refractivity contribution >= 4 is 38.5 Å². The summed E-state index contributed by atoms with van der Waals surface area (Å²) in [6.07, 6.45) is 3.32. The zero-order chi connectivity index (χ0) is 36.7. The van der Waals surface area contributed by atoms with Gasteiger partial charge in [-0.25, -0.2) is 28.5 Å². The van der Waals surface area contributed by atoms with Crippen LogP contribution in [0.15, 0.2) is 66.4 Å². The summed E-state index contributed by atoms with van der Waals surface area (Å²) < 4.78 is 21.8. The van der Waals surface area contributed by atoms with Crippen molar-refractivity contribution in [3.63, 3.8) is 0 Å². The first-order chi connectivity index (χ1) is 24.3. The number of hydrogen-bond acceptors (Lipinski definition) is 10. The van der Waals surface area contributed by atoms with Gasteiger partial charge in [0.15, 0.2) is 34.6 Å². The number of aromatic hydroxyl groups is 1. The molecule has 51 heavy (non-hydrogen) atoms. The van der Waals surface area contributed by atoms with Gasteiger partial charge in [-0.15, -0.1) is 0 Å². The van der Waals surface area contributed by atoms with Crippen LogP contribution >= 0.6 is 15.9 Å². The Kier molecular flexibility index (Phi) is 8.23. The lowest BCUT2D eigenvalue weighted by molar-refractivity contribution is -0.139. The third kappa shape index (κ3) is 4.95. The van der Waals surface area contributed by atoms with Crippen LogP contribution in [-0.2, 0) is 36.1 Å². The first-order valence-electron chi connectivity index (χ1n) is 16.3. The monoisotopic (exact) mass is 761 g/mol. The SMILES string of the molecule is COc1cc2nc(CCn3c(=O)n4n(c3=O)[C@@H]3C[C@H]5C(=O)C=C(C)C(=O)[C@@]5(C)[C@@H](c5cc(Br)c(O)c(OC)c5)C3=CC4)c(=O)n(C)c2cc1OC. The lowest BCUT2D eigenvalue weighted by atomic mass is 9.51. The van der Waals surface area contributed by atoms with E-state index in [4.69, 9.17) is 14.2 Å². The highest BCUT2D eigenvalue weighted by Gasteiger charge is 2.59. The molecule has 1 saturated carbocycles. The standard InChI is InChI=1S/C36H36BrN5O9/c1-17-11-26(43)20-14-24-19(30(36(20,2)32(17)45)18-12-21(37)31(44)29(13-18)51-6)7-10-41-34(47)40(35(48)42(24)41)9-8-22-33(46)39(3)25-16-28(50-5)27(49-4)15-23(25)38-22/h7,11-13,15-16,20,24,30,44H,8-10,14H2,1-6H3/t20-,24+,30-,36+/m0/s1. The summed E-state index contributed by atoms with van der Waals surface area (Å²) in [7, 11) is 6.02. The largest absolute Gasteiger partial charge is 0.503 e. The average Bonchev–Trinajstić information content (AvgIpc) is 3.36. The van der Waals surface area contributed by atoms with Crippen LogP contribution in [-0.4, -0.2) is 61.5 Å². The van der Waals surface area contributed by atoms with Crippen molar-refractivity contribution in [2.75, 3.05) is 21.3 Å². The number of allylic oxidation sites excluding steroid dienone is 4. The lowest BCUT2D eigenvalue weighted by Gasteiger charge is -2.52. The van der Waals surface area contributed by atoms with Crippen LogP contribution in [0.5, 0.6) is 23.0 Å². The molecule has 0 amide bonds. The maximum atomic E-state index is 14.2. The molecule has 2 aliphatic carbocycles. The van der Waals surface area contributed by atoms with Crippen molar-refractivity contribution in [3.8, 4) is 23.0 Å². The third-order valence-corrected chi connectivity index (χ3v) is 11.4. The van der Waals surface area contributed by atoms with Gasteiger partial charge in [0.1, 0.15) is 5.69 Å². The Morgan fingerprint density at radius 2 is 1.67 bits per heavy atom. The Labute approximate surface area is 299 Å². The number of ether oxygens (including phenoxy) is 3. The minimum atomic E-state index is -1.22. The topological polar surface area (TPSA) is 166 Å². The number of aromatic nitrogens is 5. The van der Waals surface area contributed by atoms with Gasteiger partial charge >= 0.3 is 11.4 Å². The van der Waals surface area contributed by atoms with Crippen molar-refractivity contribution in [2.24, 2.45) is 18.4 Å². The van der Waals surface area contributed by atoms with E-state index in [0.717, 1.165) is 4.57 Å². The van der Waals surface area contributed by atoms with Gasteiger partial charge in [-0.2, -0.15) is 0 Å². The van der Waals surface area contributed by atoms with E-state index in [1.54, 1.807) is 45.2 Å². The number of methoxy groups -OCH3 is 3. The highest BCUT2D eigenvalue weighted by Crippen LogP contribution is 2.60. The number of benzene rings is 2. The smallest absolute Gasteiger partial charge is 0.347 e. The number of rotatable bonds is 7. The van der Waals surface area contributed by atoms with Crippen molar-refractivity contribution in [1.29, 1.82) is 0 Å². The van der Waals surface area contributed by atoms with Crippen molar-refractivity contribution in [3.05, 3.63) is 94.6 Å². The Hall–Kier alpha value is -5.18. The number of aryl methyl sites for hydroxylation is 2. The minimum Gasteiger partial charge on any atom is -0.503 e. The zero-order valence-electron chi connectivity index (χ0n) is 28.9. The zero-order valence-corrected chi connectivity index (χ0v) is 30.4. The lowest BCUT2D eigenvalue weighted by Crippen LogP contribution is -2.54. The van der Waals surface area contributed by atoms with Gasteiger partial charge in [-0.3, -0.25) is 14.4 Å². The van der Waals surface area contributed by atoms with E-state index < -0.39 is 34.7 Å². The fraction of sp³-hybridized carbons (Fsp3) is 0.389. The molecule has 0 spiro atoms. The van der Waals surface area contributed by atoms with Crippen LogP contribution in [0, 0.1) is 11.3 Å². The van der Waals surface area contributed by atoms with Crippen molar-refractivity contribution < 1.29 is 28.9 Å². The molecule has 7 rings (SSSR count). The van der Waals surface area contributed by atoms with Crippen LogP contribution in [0.4, 0.5) is 0 Å². The Balaban J connectivity index is 1.31. The number of ketones is 2. The Morgan fingerprint density at radius 3 is 2.35 bits per heavy atom. The third-order valence-electron chi connectivity index (χ3n) is 10.8. The first-order valence-corrected chi connectivity index (χ1v) is 17.1. The van der Waals surface area contributed by atoms with E-state index in [-0.39, 0.29) is 60.2 Å². The fourth-order valence-corrected chi connectivity index (χ4v) is 8.74. The molecule has 0 unspecified atom stereocenters. The Bertz CT molecular complexity index is 2430. The molecule has 14 nitrogen and oxygen atoms in total. The minimum absolute atomic E-state index is 0.0111. The van der Waals surface area contributed by atoms with Gasteiger partial charge in [-0.1, -0.05) is 13.0 Å². The number of Topliss-reactive ketones (excluding diaryl/α,β-unsaturated/α-hetero) is 1. The Morgan fingerprint density at radius 1 is 0.980 bits per heavy atom. The summed E-state index contributed by atoms with van der Waals surface area (Å²) in [6, 6.07) is 5.91. The molecule has 0 bridgehead atoms. The summed E-state index contributed by atoms with van der Waals surface area (Å²) in [6.45, 7) is 3.32. The van der Waals surface area contributed by atoms with Gasteiger partial charge in [0.25, 0.3) is 5.56 Å². The second kappa shape index (κ2) is 12.2. The first kappa shape index (κ1) is 34.3. The van der Waals surface area contributed by atoms with Gasteiger partial charge in [0.05, 0.1) is 54.8 Å². The van der Waals surface area contributed by atoms with E-state index in [9.17, 15) is 29.1 Å². The predicted octanol–water partition coefficient (Wildman–Crippen LogP) is 3.18. The number of hydrogen-bond donors (Lipinski definition) is 1. The molecule has 3 aliphatic rings. The number of carbonyl (C=O) groups excluding carboxylic acids is 2. The molecular weight excluding hydrogens is 726 g/mol. The van der Waals surface area contributed by atoms with E-state index in [1.807, 2.05) is 6.08 Å². The predicted molar refractivity (Wildman–Crippen MR) is 189 cm³/mol. The molecular formula is C36H36BrN5O9. The highest BCUT2D eigenvalue weighted by molar-refractivity contribution is 9.10. The highest BCUT2D eigenvalue weighted by atomic mass is 79.9. The maximum absolute atomic E-state index is 14.2. The fourth-order valence-electron chi connectivity index (χ4n) is 8.28. The van der Waals surface area contributed by atoms with Crippen LogP contribution in [0.2, 0.25) is 0 Å². The molecule has 2 aromatic heterocycles. The normalized spacial score (nSPS) is 22.5. The van der Waals surface area contributed by atoms with Gasteiger partial charge < -0.3 is 23.9 Å². The number of nitrogens with zero attached hydrogens (tertiary/aromatic N) is 5. The van der Waals surface area contributed by atoms with Crippen LogP contribution < -0.4 is 31.1 Å². The van der Waals surface area contributed by atoms with Crippen LogP contribution in [0.25, 0.3) is 11.0 Å². The molecule has 0 radical (unpaired) electrons. The summed E-state index contributed by atoms with van der Waals surface area (Å²) in [5.41, 5.74) is 0.0305. The van der Waals surface area contributed by atoms with Crippen LogP contribution in [0.1, 0.15) is 43.5 Å². The summed E-state index contributed by atoms with van der Waals surface area (Å²) >= 11 is 3.40. The van der Waals surface area contributed by atoms with E-state index in [2.05, 4.69) is 20.9 Å². The number of phenols is 1. The molecule has 4 aromatic rings. The van der Waals surface area contributed by atoms with Gasteiger partial charge in [0.2, 0.25) is 0 Å². The number of halogens is 1. The maximum Gasteiger partial charge on any atom is 0.347 e. The number of phenolic OH excluding ortho intramolecular Hbond substituents is 1.